The number of rotatable bonds is 6. The Morgan fingerprint density at radius 1 is 1.23 bits per heavy atom. The van der Waals surface area contributed by atoms with E-state index in [0.717, 1.165) is 4.88 Å². The molecule has 1 aromatic carbocycles. The molecular formula is C18H18N4O3S. The second kappa shape index (κ2) is 8.30. The summed E-state index contributed by atoms with van der Waals surface area (Å²) in [5.41, 5.74) is 0.492. The Hall–Kier alpha value is -3.13. The molecule has 0 saturated heterocycles. The number of carbonyl (C=O) groups is 2. The third-order valence-corrected chi connectivity index (χ3v) is 4.68. The number of anilines is 1. The van der Waals surface area contributed by atoms with Gasteiger partial charge in [-0.1, -0.05) is 12.1 Å². The van der Waals surface area contributed by atoms with Crippen LogP contribution >= 0.6 is 11.3 Å². The van der Waals surface area contributed by atoms with Gasteiger partial charge in [-0.15, -0.1) is 11.3 Å². The number of nitrogens with zero attached hydrogens (tertiary/aromatic N) is 2. The third kappa shape index (κ3) is 4.28. The minimum Gasteiger partial charge on any atom is -0.497 e. The van der Waals surface area contributed by atoms with Gasteiger partial charge in [0, 0.05) is 35.6 Å². The zero-order chi connectivity index (χ0) is 18.4. The number of aromatic nitrogens is 2. The summed E-state index contributed by atoms with van der Waals surface area (Å²) in [5, 5.41) is 11.4. The van der Waals surface area contributed by atoms with Gasteiger partial charge in [0.05, 0.1) is 7.11 Å². The molecule has 0 bridgehead atoms. The van der Waals surface area contributed by atoms with Crippen LogP contribution < -0.4 is 15.4 Å². The quantitative estimate of drug-likeness (QED) is 0.652. The van der Waals surface area contributed by atoms with Crippen molar-refractivity contribution >= 4 is 28.8 Å². The van der Waals surface area contributed by atoms with Crippen LogP contribution in [0.3, 0.4) is 0 Å². The molecule has 0 aliphatic heterocycles. The minimum absolute atomic E-state index is 0.168. The monoisotopic (exact) mass is 370 g/mol. The molecule has 2 heterocycles. The van der Waals surface area contributed by atoms with E-state index >= 15 is 0 Å². The van der Waals surface area contributed by atoms with Crippen LogP contribution in [0.25, 0.3) is 0 Å². The van der Waals surface area contributed by atoms with Gasteiger partial charge < -0.3 is 15.4 Å². The number of thiophene rings is 1. The van der Waals surface area contributed by atoms with Crippen molar-refractivity contribution in [2.24, 2.45) is 0 Å². The van der Waals surface area contributed by atoms with Gasteiger partial charge in [0.2, 0.25) is 0 Å². The first-order valence-electron chi connectivity index (χ1n) is 7.93. The van der Waals surface area contributed by atoms with Gasteiger partial charge in [0.1, 0.15) is 11.8 Å². The van der Waals surface area contributed by atoms with E-state index in [1.807, 2.05) is 29.8 Å². The Balaban J connectivity index is 1.62. The Morgan fingerprint density at radius 3 is 2.81 bits per heavy atom. The standard InChI is InChI=1S/C18H18N4O3S/c1-25-14-6-2-5-13(11-14)21-18(24)17(23)19-12-15(16-7-3-10-26-16)22-9-4-8-20-22/h2-11,15H,12H2,1H3,(H,19,23)(H,21,24). The number of hydrogen-bond acceptors (Lipinski definition) is 5. The number of ether oxygens (including phenoxy) is 1. The van der Waals surface area contributed by atoms with Crippen molar-refractivity contribution in [3.63, 3.8) is 0 Å². The second-order valence-electron chi connectivity index (χ2n) is 5.41. The summed E-state index contributed by atoms with van der Waals surface area (Å²) in [6, 6.07) is 12.4. The predicted octanol–water partition coefficient (Wildman–Crippen LogP) is 2.30. The third-order valence-electron chi connectivity index (χ3n) is 3.71. The fourth-order valence-electron chi connectivity index (χ4n) is 2.43. The molecule has 134 valence electrons. The lowest BCUT2D eigenvalue weighted by Crippen LogP contribution is -2.38. The lowest BCUT2D eigenvalue weighted by Gasteiger charge is -2.17. The van der Waals surface area contributed by atoms with Crippen molar-refractivity contribution in [2.45, 2.75) is 6.04 Å². The highest BCUT2D eigenvalue weighted by molar-refractivity contribution is 7.10. The van der Waals surface area contributed by atoms with E-state index in [4.69, 9.17) is 4.74 Å². The molecule has 0 fully saturated rings. The molecule has 2 amide bonds. The average molecular weight is 370 g/mol. The van der Waals surface area contributed by atoms with E-state index in [0.29, 0.717) is 11.4 Å². The molecule has 7 nitrogen and oxygen atoms in total. The first kappa shape index (κ1) is 17.7. The van der Waals surface area contributed by atoms with Crippen LogP contribution in [-0.4, -0.2) is 35.2 Å². The molecule has 2 N–H and O–H groups in total. The predicted molar refractivity (Wildman–Crippen MR) is 99.3 cm³/mol. The van der Waals surface area contributed by atoms with Crippen LogP contribution in [0.4, 0.5) is 5.69 Å². The molecular weight excluding hydrogens is 352 g/mol. The van der Waals surface area contributed by atoms with E-state index in [-0.39, 0.29) is 12.6 Å². The number of hydrogen-bond donors (Lipinski definition) is 2. The molecule has 1 unspecified atom stereocenters. The lowest BCUT2D eigenvalue weighted by atomic mass is 10.2. The van der Waals surface area contributed by atoms with Crippen LogP contribution in [0.1, 0.15) is 10.9 Å². The molecule has 1 atom stereocenters. The molecule has 2 aromatic heterocycles. The van der Waals surface area contributed by atoms with Crippen molar-refractivity contribution < 1.29 is 14.3 Å². The summed E-state index contributed by atoms with van der Waals surface area (Å²) in [5.74, 6) is -0.843. The van der Waals surface area contributed by atoms with Crippen LogP contribution in [0.2, 0.25) is 0 Å². The molecule has 8 heteroatoms. The highest BCUT2D eigenvalue weighted by atomic mass is 32.1. The Kier molecular flexibility index (Phi) is 5.65. The summed E-state index contributed by atoms with van der Waals surface area (Å²) < 4.78 is 6.85. The van der Waals surface area contributed by atoms with E-state index in [1.165, 1.54) is 7.11 Å². The fourth-order valence-corrected chi connectivity index (χ4v) is 3.25. The average Bonchev–Trinajstić information content (AvgIpc) is 3.36. The topological polar surface area (TPSA) is 85.2 Å². The number of methoxy groups -OCH3 is 1. The molecule has 0 radical (unpaired) electrons. The van der Waals surface area contributed by atoms with Gasteiger partial charge in [0.15, 0.2) is 0 Å². The summed E-state index contributed by atoms with van der Waals surface area (Å²) in [4.78, 5) is 25.3. The van der Waals surface area contributed by atoms with Gasteiger partial charge in [-0.05, 0) is 29.6 Å². The van der Waals surface area contributed by atoms with Gasteiger partial charge in [-0.3, -0.25) is 14.3 Å². The summed E-state index contributed by atoms with van der Waals surface area (Å²) >= 11 is 1.57. The molecule has 0 aliphatic rings. The van der Waals surface area contributed by atoms with Crippen LogP contribution in [0.15, 0.2) is 60.2 Å². The zero-order valence-electron chi connectivity index (χ0n) is 14.1. The maximum Gasteiger partial charge on any atom is 0.313 e. The van der Waals surface area contributed by atoms with Crippen molar-refractivity contribution in [1.82, 2.24) is 15.1 Å². The smallest absolute Gasteiger partial charge is 0.313 e. The number of carbonyl (C=O) groups excluding carboxylic acids is 2. The van der Waals surface area contributed by atoms with E-state index < -0.39 is 11.8 Å². The van der Waals surface area contributed by atoms with Crippen LogP contribution in [0.5, 0.6) is 5.75 Å². The molecule has 3 aromatic rings. The Bertz CT molecular complexity index is 828. The van der Waals surface area contributed by atoms with E-state index in [9.17, 15) is 9.59 Å². The van der Waals surface area contributed by atoms with Crippen molar-refractivity contribution in [3.05, 3.63) is 65.1 Å². The van der Waals surface area contributed by atoms with Crippen LogP contribution in [-0.2, 0) is 9.59 Å². The first-order chi connectivity index (χ1) is 12.7. The fraction of sp³-hybridized carbons (Fsp3) is 0.167. The molecule has 26 heavy (non-hydrogen) atoms. The highest BCUT2D eigenvalue weighted by Crippen LogP contribution is 2.22. The Labute approximate surface area is 154 Å². The van der Waals surface area contributed by atoms with Crippen molar-refractivity contribution in [3.8, 4) is 5.75 Å². The lowest BCUT2D eigenvalue weighted by molar-refractivity contribution is -0.136. The molecule has 3 rings (SSSR count). The maximum absolute atomic E-state index is 12.2. The van der Waals surface area contributed by atoms with Gasteiger partial charge in [-0.2, -0.15) is 5.10 Å². The zero-order valence-corrected chi connectivity index (χ0v) is 14.9. The summed E-state index contributed by atoms with van der Waals surface area (Å²) in [6.07, 6.45) is 3.50. The molecule has 0 aliphatic carbocycles. The van der Waals surface area contributed by atoms with E-state index in [2.05, 4.69) is 15.7 Å². The normalized spacial score (nSPS) is 11.6. The molecule has 0 saturated carbocycles. The Morgan fingerprint density at radius 2 is 2.12 bits per heavy atom. The van der Waals surface area contributed by atoms with E-state index in [1.54, 1.807) is 46.5 Å². The number of amides is 2. The summed E-state index contributed by atoms with van der Waals surface area (Å²) in [6.45, 7) is 0.257. The van der Waals surface area contributed by atoms with Crippen LogP contribution in [0, 0.1) is 0 Å². The second-order valence-corrected chi connectivity index (χ2v) is 6.39. The first-order valence-corrected chi connectivity index (χ1v) is 8.81. The van der Waals surface area contributed by atoms with Crippen molar-refractivity contribution in [1.29, 1.82) is 0 Å². The SMILES string of the molecule is COc1cccc(NC(=O)C(=O)NCC(c2cccs2)n2cccn2)c1. The number of nitrogens with one attached hydrogen (secondary N) is 2. The van der Waals surface area contributed by atoms with Crippen molar-refractivity contribution in [2.75, 3.05) is 19.0 Å². The molecule has 0 spiro atoms. The number of benzene rings is 1. The largest absolute Gasteiger partial charge is 0.497 e. The van der Waals surface area contributed by atoms with Gasteiger partial charge in [0.25, 0.3) is 0 Å². The van der Waals surface area contributed by atoms with Gasteiger partial charge >= 0.3 is 11.8 Å². The highest BCUT2D eigenvalue weighted by Gasteiger charge is 2.19. The van der Waals surface area contributed by atoms with Gasteiger partial charge in [-0.25, -0.2) is 0 Å². The minimum atomic E-state index is -0.733. The summed E-state index contributed by atoms with van der Waals surface area (Å²) in [7, 11) is 1.54. The maximum atomic E-state index is 12.2.